The van der Waals surface area contributed by atoms with Crippen LogP contribution in [0.15, 0.2) is 54.7 Å². The lowest BCUT2D eigenvalue weighted by Crippen LogP contribution is -2.39. The van der Waals surface area contributed by atoms with Gasteiger partial charge in [-0.1, -0.05) is 42.5 Å². The summed E-state index contributed by atoms with van der Waals surface area (Å²) < 4.78 is 16.0. The monoisotopic (exact) mass is 394 g/mol. The third kappa shape index (κ3) is 9.11. The van der Waals surface area contributed by atoms with Gasteiger partial charge in [-0.15, -0.1) is 0 Å². The zero-order valence-corrected chi connectivity index (χ0v) is 17.0. The third-order valence-electron chi connectivity index (χ3n) is 3.76. The Kier molecular flexibility index (Phi) is 12.3. The summed E-state index contributed by atoms with van der Waals surface area (Å²) in [6.45, 7) is 9.63. The van der Waals surface area contributed by atoms with E-state index in [2.05, 4.69) is 11.9 Å². The first-order valence-corrected chi connectivity index (χ1v) is 9.48. The van der Waals surface area contributed by atoms with Crippen LogP contribution in [0.2, 0.25) is 5.02 Å². The summed E-state index contributed by atoms with van der Waals surface area (Å²) in [7, 11) is 1.58. The summed E-state index contributed by atoms with van der Waals surface area (Å²) >= 11 is 5.91. The largest absolute Gasteiger partial charge is 0.495 e. The number of nitrogens with two attached hydrogens (primary N) is 1. The van der Waals surface area contributed by atoms with Crippen molar-refractivity contribution in [3.8, 4) is 11.5 Å². The van der Waals surface area contributed by atoms with Crippen LogP contribution in [-0.2, 0) is 4.74 Å². The molecule has 1 aromatic rings. The number of nitrogens with one attached hydrogen (secondary N) is 1. The highest BCUT2D eigenvalue weighted by Crippen LogP contribution is 2.28. The van der Waals surface area contributed by atoms with Crippen LogP contribution in [-0.4, -0.2) is 46.1 Å². The van der Waals surface area contributed by atoms with Crippen LogP contribution < -0.4 is 20.5 Å². The van der Waals surface area contributed by atoms with Gasteiger partial charge in [0.1, 0.15) is 11.5 Å². The molecule has 2 rings (SSSR count). The lowest BCUT2D eigenvalue weighted by atomic mass is 10.1. The standard InChI is InChI=1S/C11H17NO.C10H14ClNO2/c1-3-5-6-10(4-2)11-9-12-7-8-13-11;1-13-10-4-3-8(7-9(10)11)14-6-2-5-12/h3-6,11-12H,2,7-9H2,1H3;3-4,7H,2,5-6,12H2,1H3/b5-3-,10-6+;. The average molecular weight is 395 g/mol. The number of ether oxygens (including phenoxy) is 3. The van der Waals surface area contributed by atoms with Crippen LogP contribution in [0.4, 0.5) is 0 Å². The number of rotatable bonds is 8. The van der Waals surface area contributed by atoms with E-state index in [1.165, 1.54) is 0 Å². The molecular weight excluding hydrogens is 364 g/mol. The number of halogens is 1. The number of hydrogen-bond acceptors (Lipinski definition) is 5. The number of hydrogen-bond donors (Lipinski definition) is 2. The minimum Gasteiger partial charge on any atom is -0.495 e. The molecule has 0 bridgehead atoms. The highest BCUT2D eigenvalue weighted by atomic mass is 35.5. The lowest BCUT2D eigenvalue weighted by molar-refractivity contribution is 0.0540. The summed E-state index contributed by atoms with van der Waals surface area (Å²) in [5, 5.41) is 3.84. The maximum atomic E-state index is 5.91. The van der Waals surface area contributed by atoms with Gasteiger partial charge >= 0.3 is 0 Å². The van der Waals surface area contributed by atoms with Crippen molar-refractivity contribution in [2.75, 3.05) is 40.0 Å². The van der Waals surface area contributed by atoms with Crippen molar-refractivity contribution >= 4 is 11.6 Å². The first-order chi connectivity index (χ1) is 13.2. The Morgan fingerprint density at radius 2 is 2.30 bits per heavy atom. The molecule has 1 unspecified atom stereocenters. The molecule has 6 heteroatoms. The second-order valence-corrected chi connectivity index (χ2v) is 6.15. The molecule has 0 aliphatic carbocycles. The normalized spacial score (nSPS) is 17.2. The molecule has 150 valence electrons. The molecular formula is C21H31ClN2O3. The molecule has 0 amide bonds. The van der Waals surface area contributed by atoms with E-state index in [4.69, 9.17) is 31.5 Å². The molecule has 0 radical (unpaired) electrons. The molecule has 27 heavy (non-hydrogen) atoms. The van der Waals surface area contributed by atoms with Crippen molar-refractivity contribution in [1.82, 2.24) is 5.32 Å². The second-order valence-electron chi connectivity index (χ2n) is 5.75. The van der Waals surface area contributed by atoms with Crippen molar-refractivity contribution in [2.45, 2.75) is 19.4 Å². The lowest BCUT2D eigenvalue weighted by Gasteiger charge is -2.24. The molecule has 1 aliphatic heterocycles. The minimum atomic E-state index is 0.169. The Balaban J connectivity index is 0.000000271. The second kappa shape index (κ2) is 14.3. The molecule has 3 N–H and O–H groups in total. The summed E-state index contributed by atoms with van der Waals surface area (Å²) in [5.74, 6) is 1.39. The Morgan fingerprint density at radius 1 is 1.48 bits per heavy atom. The number of benzene rings is 1. The van der Waals surface area contributed by atoms with E-state index in [1.54, 1.807) is 19.2 Å². The molecule has 0 spiro atoms. The molecule has 1 fully saturated rings. The van der Waals surface area contributed by atoms with E-state index in [0.717, 1.165) is 37.4 Å². The molecule has 1 heterocycles. The summed E-state index contributed by atoms with van der Waals surface area (Å²) in [6.07, 6.45) is 8.92. The van der Waals surface area contributed by atoms with Crippen molar-refractivity contribution in [3.05, 3.63) is 59.7 Å². The van der Waals surface area contributed by atoms with Gasteiger partial charge in [-0.25, -0.2) is 0 Å². The maximum Gasteiger partial charge on any atom is 0.137 e. The van der Waals surface area contributed by atoms with Crippen LogP contribution in [0.3, 0.4) is 0 Å². The average Bonchev–Trinajstić information content (AvgIpc) is 2.70. The first-order valence-electron chi connectivity index (χ1n) is 9.10. The Morgan fingerprint density at radius 3 is 2.85 bits per heavy atom. The Bertz CT molecular complexity index is 611. The van der Waals surface area contributed by atoms with Crippen molar-refractivity contribution in [1.29, 1.82) is 0 Å². The fraction of sp³-hybridized carbons (Fsp3) is 0.429. The van der Waals surface area contributed by atoms with Gasteiger partial charge in [-0.2, -0.15) is 0 Å². The smallest absolute Gasteiger partial charge is 0.137 e. The first kappa shape index (κ1) is 23.2. The van der Waals surface area contributed by atoms with Crippen LogP contribution in [0, 0.1) is 0 Å². The summed E-state index contributed by atoms with van der Waals surface area (Å²) in [6, 6.07) is 5.33. The van der Waals surface area contributed by atoms with E-state index < -0.39 is 0 Å². The molecule has 1 atom stereocenters. The molecule has 0 saturated carbocycles. The van der Waals surface area contributed by atoms with Gasteiger partial charge in [-0.05, 0) is 37.6 Å². The van der Waals surface area contributed by atoms with E-state index in [-0.39, 0.29) is 6.10 Å². The summed E-state index contributed by atoms with van der Waals surface area (Å²) in [4.78, 5) is 0. The van der Waals surface area contributed by atoms with Crippen molar-refractivity contribution in [2.24, 2.45) is 5.73 Å². The zero-order valence-electron chi connectivity index (χ0n) is 16.2. The van der Waals surface area contributed by atoms with Gasteiger partial charge in [0.25, 0.3) is 0 Å². The van der Waals surface area contributed by atoms with Crippen LogP contribution >= 0.6 is 11.6 Å². The molecule has 1 aromatic carbocycles. The number of morpholine rings is 1. The van der Waals surface area contributed by atoms with Gasteiger partial charge in [0, 0.05) is 19.2 Å². The summed E-state index contributed by atoms with van der Waals surface area (Å²) in [5.41, 5.74) is 6.49. The third-order valence-corrected chi connectivity index (χ3v) is 4.05. The van der Waals surface area contributed by atoms with Crippen LogP contribution in [0.5, 0.6) is 11.5 Å². The minimum absolute atomic E-state index is 0.169. The van der Waals surface area contributed by atoms with Crippen molar-refractivity contribution < 1.29 is 14.2 Å². The predicted molar refractivity (Wildman–Crippen MR) is 113 cm³/mol. The van der Waals surface area contributed by atoms with E-state index >= 15 is 0 Å². The fourth-order valence-electron chi connectivity index (χ4n) is 2.30. The molecule has 1 aliphatic rings. The van der Waals surface area contributed by atoms with E-state index in [1.807, 2.05) is 37.3 Å². The van der Waals surface area contributed by atoms with Gasteiger partial charge in [-0.3, -0.25) is 0 Å². The van der Waals surface area contributed by atoms with Crippen molar-refractivity contribution in [3.63, 3.8) is 0 Å². The predicted octanol–water partition coefficient (Wildman–Crippen LogP) is 3.74. The fourth-order valence-corrected chi connectivity index (χ4v) is 2.55. The van der Waals surface area contributed by atoms with Gasteiger partial charge < -0.3 is 25.3 Å². The molecule has 5 nitrogen and oxygen atoms in total. The van der Waals surface area contributed by atoms with Gasteiger partial charge in [0.15, 0.2) is 0 Å². The SMILES string of the molecule is C=C/C(=C\C=C/C)C1CNCCO1.COc1ccc(OCCCN)cc1Cl. The molecule has 0 aromatic heterocycles. The molecule has 1 saturated heterocycles. The topological polar surface area (TPSA) is 65.7 Å². The van der Waals surface area contributed by atoms with E-state index in [9.17, 15) is 0 Å². The van der Waals surface area contributed by atoms with Gasteiger partial charge in [0.2, 0.25) is 0 Å². The van der Waals surface area contributed by atoms with Crippen LogP contribution in [0.25, 0.3) is 0 Å². The highest BCUT2D eigenvalue weighted by molar-refractivity contribution is 6.32. The van der Waals surface area contributed by atoms with Crippen LogP contribution in [0.1, 0.15) is 13.3 Å². The number of allylic oxidation sites excluding steroid dienone is 3. The Hall–Kier alpha value is -1.79. The highest BCUT2D eigenvalue weighted by Gasteiger charge is 2.14. The quantitative estimate of drug-likeness (QED) is 0.519. The van der Waals surface area contributed by atoms with E-state index in [0.29, 0.717) is 23.9 Å². The maximum absolute atomic E-state index is 5.91. The van der Waals surface area contributed by atoms with Gasteiger partial charge in [0.05, 0.1) is 31.5 Å². The Labute approximate surface area is 167 Å². The zero-order chi connectivity index (χ0) is 19.9. The number of methoxy groups -OCH3 is 1.